The molecule has 0 bridgehead atoms. The molecule has 0 saturated carbocycles. The molecule has 31 heavy (non-hydrogen) atoms. The zero-order valence-corrected chi connectivity index (χ0v) is 20.7. The van der Waals surface area contributed by atoms with Crippen molar-refractivity contribution >= 4 is 33.0 Å². The molecule has 0 aliphatic rings. The molecule has 164 valence electrons. The second-order valence-electron chi connectivity index (χ2n) is 8.14. The van der Waals surface area contributed by atoms with Gasteiger partial charge in [0.05, 0.1) is 23.7 Å². The number of ether oxygens (including phenoxy) is 1. The molecule has 0 fully saturated rings. The van der Waals surface area contributed by atoms with Gasteiger partial charge >= 0.3 is 0 Å². The van der Waals surface area contributed by atoms with Crippen molar-refractivity contribution in [2.75, 3.05) is 6.61 Å². The highest BCUT2D eigenvalue weighted by atomic mass is 79.9. The highest BCUT2D eigenvalue weighted by molar-refractivity contribution is 9.10. The first-order valence-electron chi connectivity index (χ1n) is 10.8. The molecule has 1 atom stereocenters. The standard InChI is InChI=1S/C25H30BrN3O2/c1-7-16(5)24-28-22-10-9-19(26)13-21(22)25(30)29(24)27-14-18-12-20(15(3)4)23(31-8-2)11-17(18)6/h9-16H,7-8H2,1-6H3/t16-/m0/s1. The second kappa shape index (κ2) is 9.77. The average Bonchev–Trinajstić information content (AvgIpc) is 2.73. The summed E-state index contributed by atoms with van der Waals surface area (Å²) in [6.45, 7) is 13.1. The summed E-state index contributed by atoms with van der Waals surface area (Å²) in [5.41, 5.74) is 3.67. The number of benzene rings is 2. The smallest absolute Gasteiger partial charge is 0.282 e. The van der Waals surface area contributed by atoms with Crippen LogP contribution in [0.25, 0.3) is 10.9 Å². The van der Waals surface area contributed by atoms with Crippen LogP contribution in [0.4, 0.5) is 0 Å². The lowest BCUT2D eigenvalue weighted by Gasteiger charge is -2.16. The first kappa shape index (κ1) is 23.2. The van der Waals surface area contributed by atoms with Crippen molar-refractivity contribution in [1.29, 1.82) is 0 Å². The molecule has 0 saturated heterocycles. The Bertz CT molecular complexity index is 1180. The second-order valence-corrected chi connectivity index (χ2v) is 9.05. The van der Waals surface area contributed by atoms with Gasteiger partial charge in [0.2, 0.25) is 0 Å². The number of hydrogen-bond acceptors (Lipinski definition) is 4. The van der Waals surface area contributed by atoms with Gasteiger partial charge in [-0.15, -0.1) is 0 Å². The molecule has 0 N–H and O–H groups in total. The van der Waals surface area contributed by atoms with Crippen molar-refractivity contribution in [3.63, 3.8) is 0 Å². The minimum atomic E-state index is -0.162. The Kier molecular flexibility index (Phi) is 7.31. The lowest BCUT2D eigenvalue weighted by Crippen LogP contribution is -2.23. The third kappa shape index (κ3) is 4.90. The highest BCUT2D eigenvalue weighted by Gasteiger charge is 2.16. The maximum atomic E-state index is 13.3. The summed E-state index contributed by atoms with van der Waals surface area (Å²) in [7, 11) is 0. The van der Waals surface area contributed by atoms with Gasteiger partial charge in [0.25, 0.3) is 5.56 Å². The van der Waals surface area contributed by atoms with E-state index < -0.39 is 0 Å². The number of rotatable bonds is 7. The van der Waals surface area contributed by atoms with E-state index in [0.29, 0.717) is 29.3 Å². The van der Waals surface area contributed by atoms with Crippen LogP contribution in [-0.4, -0.2) is 22.5 Å². The van der Waals surface area contributed by atoms with Crippen LogP contribution in [0.5, 0.6) is 5.75 Å². The Labute approximate surface area is 192 Å². The van der Waals surface area contributed by atoms with Gasteiger partial charge in [-0.05, 0) is 73.2 Å². The maximum absolute atomic E-state index is 13.3. The van der Waals surface area contributed by atoms with Crippen LogP contribution >= 0.6 is 15.9 Å². The molecule has 2 aromatic carbocycles. The quantitative estimate of drug-likeness (QED) is 0.366. The molecule has 1 heterocycles. The SMILES string of the molecule is CCOc1cc(C)c(C=Nn2c([C@@H](C)CC)nc3ccc(Br)cc3c2=O)cc1C(C)C. The van der Waals surface area contributed by atoms with Crippen molar-refractivity contribution in [2.24, 2.45) is 5.10 Å². The predicted molar refractivity (Wildman–Crippen MR) is 132 cm³/mol. The third-order valence-electron chi connectivity index (χ3n) is 5.52. The lowest BCUT2D eigenvalue weighted by molar-refractivity contribution is 0.335. The molecule has 0 amide bonds. The van der Waals surface area contributed by atoms with Crippen molar-refractivity contribution in [3.05, 3.63) is 67.7 Å². The van der Waals surface area contributed by atoms with Gasteiger partial charge in [0.15, 0.2) is 0 Å². The molecule has 0 unspecified atom stereocenters. The van der Waals surface area contributed by atoms with Crippen LogP contribution in [0.1, 0.15) is 75.4 Å². The fraction of sp³-hybridized carbons (Fsp3) is 0.400. The lowest BCUT2D eigenvalue weighted by atomic mass is 9.97. The minimum Gasteiger partial charge on any atom is -0.494 e. The summed E-state index contributed by atoms with van der Waals surface area (Å²) in [4.78, 5) is 18.1. The molecule has 0 aliphatic heterocycles. The molecular formula is C25H30BrN3O2. The van der Waals surface area contributed by atoms with Crippen molar-refractivity contribution in [2.45, 2.75) is 59.8 Å². The molecule has 5 nitrogen and oxygen atoms in total. The van der Waals surface area contributed by atoms with Crippen LogP contribution < -0.4 is 10.3 Å². The summed E-state index contributed by atoms with van der Waals surface area (Å²) in [5, 5.41) is 5.17. The normalized spacial score (nSPS) is 12.8. The number of hydrogen-bond donors (Lipinski definition) is 0. The Morgan fingerprint density at radius 2 is 1.94 bits per heavy atom. The first-order chi connectivity index (χ1) is 14.8. The van der Waals surface area contributed by atoms with Gasteiger partial charge in [-0.25, -0.2) is 4.98 Å². The molecule has 0 radical (unpaired) electrons. The summed E-state index contributed by atoms with van der Waals surface area (Å²) in [5.74, 6) is 1.99. The van der Waals surface area contributed by atoms with Gasteiger partial charge < -0.3 is 4.74 Å². The number of nitrogens with zero attached hydrogens (tertiary/aromatic N) is 3. The van der Waals surface area contributed by atoms with E-state index in [1.54, 1.807) is 12.3 Å². The van der Waals surface area contributed by atoms with E-state index in [9.17, 15) is 4.79 Å². The zero-order valence-electron chi connectivity index (χ0n) is 19.1. The average molecular weight is 484 g/mol. The van der Waals surface area contributed by atoms with Crippen LogP contribution in [0, 0.1) is 6.92 Å². The molecule has 6 heteroatoms. The molecule has 0 aliphatic carbocycles. The third-order valence-corrected chi connectivity index (χ3v) is 6.01. The molecule has 1 aromatic heterocycles. The van der Waals surface area contributed by atoms with Gasteiger partial charge in [-0.3, -0.25) is 4.79 Å². The Morgan fingerprint density at radius 1 is 1.19 bits per heavy atom. The predicted octanol–water partition coefficient (Wildman–Crippen LogP) is 6.39. The van der Waals surface area contributed by atoms with Gasteiger partial charge in [0, 0.05) is 10.4 Å². The summed E-state index contributed by atoms with van der Waals surface area (Å²) in [6, 6.07) is 9.73. The first-order valence-corrected chi connectivity index (χ1v) is 11.6. The fourth-order valence-electron chi connectivity index (χ4n) is 3.49. The molecule has 3 rings (SSSR count). The van der Waals surface area contributed by atoms with Gasteiger partial charge in [-0.1, -0.05) is 43.6 Å². The van der Waals surface area contributed by atoms with Crippen molar-refractivity contribution in [1.82, 2.24) is 9.66 Å². The van der Waals surface area contributed by atoms with E-state index in [1.807, 2.05) is 32.0 Å². The van der Waals surface area contributed by atoms with Crippen LogP contribution in [0.3, 0.4) is 0 Å². The van der Waals surface area contributed by atoms with Gasteiger partial charge in [-0.2, -0.15) is 9.78 Å². The van der Waals surface area contributed by atoms with Crippen LogP contribution in [0.15, 0.2) is 44.7 Å². The largest absolute Gasteiger partial charge is 0.494 e. The van der Waals surface area contributed by atoms with Gasteiger partial charge in [0.1, 0.15) is 11.6 Å². The van der Waals surface area contributed by atoms with E-state index >= 15 is 0 Å². The Hall–Kier alpha value is -2.47. The van der Waals surface area contributed by atoms with E-state index in [-0.39, 0.29) is 11.5 Å². The molecule has 3 aromatic rings. The number of aryl methyl sites for hydroxylation is 1. The summed E-state index contributed by atoms with van der Waals surface area (Å²) in [6.07, 6.45) is 2.62. The van der Waals surface area contributed by atoms with E-state index in [0.717, 1.165) is 33.3 Å². The fourth-order valence-corrected chi connectivity index (χ4v) is 3.85. The van der Waals surface area contributed by atoms with E-state index in [2.05, 4.69) is 54.8 Å². The van der Waals surface area contributed by atoms with Crippen molar-refractivity contribution in [3.8, 4) is 5.75 Å². The number of fused-ring (bicyclic) bond motifs is 1. The molecule has 0 spiro atoms. The van der Waals surface area contributed by atoms with E-state index in [4.69, 9.17) is 9.72 Å². The minimum absolute atomic E-state index is 0.102. The summed E-state index contributed by atoms with van der Waals surface area (Å²) < 4.78 is 8.12. The van der Waals surface area contributed by atoms with E-state index in [1.165, 1.54) is 4.68 Å². The highest BCUT2D eigenvalue weighted by Crippen LogP contribution is 2.29. The Morgan fingerprint density at radius 3 is 2.58 bits per heavy atom. The Balaban J connectivity index is 2.17. The number of aromatic nitrogens is 2. The van der Waals surface area contributed by atoms with Crippen molar-refractivity contribution < 1.29 is 4.74 Å². The maximum Gasteiger partial charge on any atom is 0.282 e. The monoisotopic (exact) mass is 483 g/mol. The van der Waals surface area contributed by atoms with Crippen LogP contribution in [0.2, 0.25) is 0 Å². The topological polar surface area (TPSA) is 56.5 Å². The summed E-state index contributed by atoms with van der Waals surface area (Å²) >= 11 is 3.45. The molecular weight excluding hydrogens is 454 g/mol. The zero-order chi connectivity index (χ0) is 22.7. The number of halogens is 1. The van der Waals surface area contributed by atoms with Crippen LogP contribution in [-0.2, 0) is 0 Å².